The van der Waals surface area contributed by atoms with Crippen LogP contribution in [0.3, 0.4) is 0 Å². The fraction of sp³-hybridized carbons (Fsp3) is 0.333. The van der Waals surface area contributed by atoms with Crippen LogP contribution >= 0.6 is 23.2 Å². The van der Waals surface area contributed by atoms with Gasteiger partial charge in [-0.15, -0.1) is 0 Å². The average molecular weight is 245 g/mol. The summed E-state index contributed by atoms with van der Waals surface area (Å²) < 4.78 is 1.95. The van der Waals surface area contributed by atoms with Gasteiger partial charge in [0.25, 0.3) is 0 Å². The van der Waals surface area contributed by atoms with Gasteiger partial charge in [-0.1, -0.05) is 11.6 Å². The zero-order chi connectivity index (χ0) is 11.0. The zero-order valence-corrected chi connectivity index (χ0v) is 9.63. The number of fused-ring (bicyclic) bond motifs is 1. The summed E-state index contributed by atoms with van der Waals surface area (Å²) in [4.78, 5) is 7.99. The van der Waals surface area contributed by atoms with E-state index in [9.17, 15) is 0 Å². The highest BCUT2D eigenvalue weighted by atomic mass is 35.5. The molecule has 2 heterocycles. The van der Waals surface area contributed by atoms with E-state index in [2.05, 4.69) is 9.97 Å². The fourth-order valence-electron chi connectivity index (χ4n) is 1.48. The maximum absolute atomic E-state index is 6.01. The molecular weight excluding hydrogens is 235 g/mol. The normalized spacial score (nSPS) is 13.3. The second kappa shape index (κ2) is 3.96. The lowest BCUT2D eigenvalue weighted by Crippen LogP contribution is -2.15. The molecule has 6 heteroatoms. The van der Waals surface area contributed by atoms with Crippen LogP contribution in [0.2, 0.25) is 10.4 Å². The molecule has 0 amide bonds. The standard InChI is InChI=1S/C9H10Cl2N4/c1-5(4-12)15-3-2-6-7(15)8(10)14-9(11)13-6/h2-3,5H,4,12H2,1H3/t5-/m0/s1. The van der Waals surface area contributed by atoms with E-state index in [-0.39, 0.29) is 11.3 Å². The lowest BCUT2D eigenvalue weighted by molar-refractivity contribution is 0.576. The van der Waals surface area contributed by atoms with Crippen molar-refractivity contribution < 1.29 is 0 Å². The lowest BCUT2D eigenvalue weighted by atomic mass is 10.3. The van der Waals surface area contributed by atoms with Crippen molar-refractivity contribution in [2.24, 2.45) is 5.73 Å². The van der Waals surface area contributed by atoms with E-state index in [1.807, 2.05) is 23.8 Å². The van der Waals surface area contributed by atoms with Crippen molar-refractivity contribution in [2.45, 2.75) is 13.0 Å². The number of hydrogen-bond donors (Lipinski definition) is 1. The Labute approximate surface area is 97.0 Å². The Hall–Kier alpha value is -0.840. The minimum Gasteiger partial charge on any atom is -0.340 e. The van der Waals surface area contributed by atoms with Crippen molar-refractivity contribution in [1.29, 1.82) is 0 Å². The van der Waals surface area contributed by atoms with Gasteiger partial charge in [-0.25, -0.2) is 9.97 Å². The first-order valence-electron chi connectivity index (χ1n) is 4.53. The number of halogens is 2. The van der Waals surface area contributed by atoms with Crippen molar-refractivity contribution in [2.75, 3.05) is 6.54 Å². The molecule has 0 unspecified atom stereocenters. The van der Waals surface area contributed by atoms with Gasteiger partial charge in [0.15, 0.2) is 5.15 Å². The van der Waals surface area contributed by atoms with Crippen molar-refractivity contribution >= 4 is 34.2 Å². The molecule has 15 heavy (non-hydrogen) atoms. The monoisotopic (exact) mass is 244 g/mol. The molecular formula is C9H10Cl2N4. The van der Waals surface area contributed by atoms with Crippen LogP contribution in [0.1, 0.15) is 13.0 Å². The Morgan fingerprint density at radius 2 is 2.20 bits per heavy atom. The molecule has 0 aliphatic carbocycles. The molecule has 2 rings (SSSR count). The van der Waals surface area contributed by atoms with Gasteiger partial charge in [0.2, 0.25) is 5.28 Å². The summed E-state index contributed by atoms with van der Waals surface area (Å²) >= 11 is 11.7. The van der Waals surface area contributed by atoms with Gasteiger partial charge in [0, 0.05) is 18.8 Å². The molecule has 0 aliphatic heterocycles. The molecule has 1 atom stereocenters. The first kappa shape index (κ1) is 10.7. The van der Waals surface area contributed by atoms with Crippen molar-refractivity contribution in [1.82, 2.24) is 14.5 Å². The van der Waals surface area contributed by atoms with Gasteiger partial charge in [-0.2, -0.15) is 0 Å². The SMILES string of the molecule is C[C@@H](CN)n1ccc2nc(Cl)nc(Cl)c21. The predicted octanol–water partition coefficient (Wildman–Crippen LogP) is 2.26. The van der Waals surface area contributed by atoms with Crippen LogP contribution in [0, 0.1) is 0 Å². The predicted molar refractivity (Wildman–Crippen MR) is 61.3 cm³/mol. The Morgan fingerprint density at radius 1 is 1.47 bits per heavy atom. The number of nitrogens with two attached hydrogens (primary N) is 1. The third-order valence-electron chi connectivity index (χ3n) is 2.31. The molecule has 0 aromatic carbocycles. The maximum atomic E-state index is 6.01. The number of rotatable bonds is 2. The van der Waals surface area contributed by atoms with Gasteiger partial charge in [-0.3, -0.25) is 0 Å². The maximum Gasteiger partial charge on any atom is 0.224 e. The topological polar surface area (TPSA) is 56.7 Å². The first-order valence-corrected chi connectivity index (χ1v) is 5.28. The van der Waals surface area contributed by atoms with Crippen LogP contribution in [0.4, 0.5) is 0 Å². The molecule has 0 saturated carbocycles. The third kappa shape index (κ3) is 1.80. The summed E-state index contributed by atoms with van der Waals surface area (Å²) in [7, 11) is 0. The van der Waals surface area contributed by atoms with E-state index in [0.717, 1.165) is 11.0 Å². The zero-order valence-electron chi connectivity index (χ0n) is 8.11. The quantitative estimate of drug-likeness (QED) is 0.652. The van der Waals surface area contributed by atoms with Gasteiger partial charge >= 0.3 is 0 Å². The van der Waals surface area contributed by atoms with E-state index < -0.39 is 0 Å². The smallest absolute Gasteiger partial charge is 0.224 e. The average Bonchev–Trinajstić information content (AvgIpc) is 2.60. The molecule has 0 fully saturated rings. The molecule has 0 bridgehead atoms. The second-order valence-corrected chi connectivity index (χ2v) is 4.02. The molecule has 2 aromatic heterocycles. The Morgan fingerprint density at radius 3 is 2.87 bits per heavy atom. The molecule has 0 saturated heterocycles. The van der Waals surface area contributed by atoms with E-state index in [4.69, 9.17) is 28.9 Å². The number of aromatic nitrogens is 3. The lowest BCUT2D eigenvalue weighted by Gasteiger charge is -2.12. The molecule has 2 N–H and O–H groups in total. The van der Waals surface area contributed by atoms with E-state index >= 15 is 0 Å². The van der Waals surface area contributed by atoms with Crippen LogP contribution in [0.5, 0.6) is 0 Å². The summed E-state index contributed by atoms with van der Waals surface area (Å²) in [5.74, 6) is 0. The summed E-state index contributed by atoms with van der Waals surface area (Å²) in [5.41, 5.74) is 7.12. The van der Waals surface area contributed by atoms with Gasteiger partial charge in [-0.05, 0) is 24.6 Å². The third-order valence-corrected chi connectivity index (χ3v) is 2.74. The molecule has 4 nitrogen and oxygen atoms in total. The van der Waals surface area contributed by atoms with Gasteiger partial charge in [0.05, 0.1) is 5.52 Å². The van der Waals surface area contributed by atoms with Crippen LogP contribution in [-0.4, -0.2) is 21.1 Å². The van der Waals surface area contributed by atoms with Crippen LogP contribution in [0.25, 0.3) is 11.0 Å². The minimum atomic E-state index is 0.157. The Kier molecular flexibility index (Phi) is 2.82. The molecule has 2 aromatic rings. The van der Waals surface area contributed by atoms with E-state index in [0.29, 0.717) is 11.7 Å². The van der Waals surface area contributed by atoms with Gasteiger partial charge < -0.3 is 10.3 Å². The van der Waals surface area contributed by atoms with Crippen LogP contribution in [0.15, 0.2) is 12.3 Å². The highest BCUT2D eigenvalue weighted by Gasteiger charge is 2.12. The first-order chi connectivity index (χ1) is 7.13. The summed E-state index contributed by atoms with van der Waals surface area (Å²) in [5, 5.41) is 0.515. The van der Waals surface area contributed by atoms with E-state index in [1.54, 1.807) is 0 Å². The van der Waals surface area contributed by atoms with Crippen LogP contribution < -0.4 is 5.73 Å². The highest BCUT2D eigenvalue weighted by Crippen LogP contribution is 2.25. The second-order valence-electron chi connectivity index (χ2n) is 3.33. The summed E-state index contributed by atoms with van der Waals surface area (Å²) in [6, 6.07) is 2.01. The van der Waals surface area contributed by atoms with Crippen LogP contribution in [-0.2, 0) is 0 Å². The Bertz CT molecular complexity index is 494. The molecule has 0 radical (unpaired) electrons. The highest BCUT2D eigenvalue weighted by molar-refractivity contribution is 6.35. The van der Waals surface area contributed by atoms with Crippen molar-refractivity contribution in [3.05, 3.63) is 22.7 Å². The fourth-order valence-corrected chi connectivity index (χ4v) is 1.97. The summed E-state index contributed by atoms with van der Waals surface area (Å²) in [6.07, 6.45) is 1.89. The van der Waals surface area contributed by atoms with E-state index in [1.165, 1.54) is 0 Å². The van der Waals surface area contributed by atoms with Crippen molar-refractivity contribution in [3.63, 3.8) is 0 Å². The molecule has 0 aliphatic rings. The Balaban J connectivity index is 2.69. The van der Waals surface area contributed by atoms with Gasteiger partial charge in [0.1, 0.15) is 5.52 Å². The number of nitrogens with zero attached hydrogens (tertiary/aromatic N) is 3. The van der Waals surface area contributed by atoms with Crippen molar-refractivity contribution in [3.8, 4) is 0 Å². The minimum absolute atomic E-state index is 0.157. The molecule has 80 valence electrons. The number of hydrogen-bond acceptors (Lipinski definition) is 3. The molecule has 0 spiro atoms. The summed E-state index contributed by atoms with van der Waals surface area (Å²) in [6.45, 7) is 2.53. The largest absolute Gasteiger partial charge is 0.340 e.